The lowest BCUT2D eigenvalue weighted by molar-refractivity contribution is 0.432. The Bertz CT molecular complexity index is 284. The number of hydrogen-bond acceptors (Lipinski definition) is 3. The second-order valence-electron chi connectivity index (χ2n) is 3.58. The van der Waals surface area contributed by atoms with Crippen LogP contribution in [0.2, 0.25) is 0 Å². The van der Waals surface area contributed by atoms with E-state index in [2.05, 4.69) is 19.2 Å². The van der Waals surface area contributed by atoms with Crippen molar-refractivity contribution in [3.05, 3.63) is 23.7 Å². The average molecular weight is 197 g/mol. The van der Waals surface area contributed by atoms with Crippen LogP contribution < -0.4 is 5.32 Å². The predicted octanol–water partition coefficient (Wildman–Crippen LogP) is 2.70. The highest BCUT2D eigenvalue weighted by molar-refractivity contribution is 7.99. The van der Waals surface area contributed by atoms with Gasteiger partial charge in [0.1, 0.15) is 11.1 Å². The molecule has 0 amide bonds. The summed E-state index contributed by atoms with van der Waals surface area (Å²) in [7, 11) is 0. The molecule has 1 fully saturated rings. The van der Waals surface area contributed by atoms with Crippen LogP contribution in [0.25, 0.3) is 0 Å². The summed E-state index contributed by atoms with van der Waals surface area (Å²) in [4.78, 5) is 0. The van der Waals surface area contributed by atoms with Gasteiger partial charge in [0.25, 0.3) is 0 Å². The summed E-state index contributed by atoms with van der Waals surface area (Å²) >= 11 is 1.93. The number of hydrogen-bond donors (Lipinski definition) is 1. The van der Waals surface area contributed by atoms with Crippen LogP contribution in [0.4, 0.5) is 0 Å². The van der Waals surface area contributed by atoms with Crippen LogP contribution in [-0.2, 0) is 0 Å². The van der Waals surface area contributed by atoms with Gasteiger partial charge in [-0.1, -0.05) is 0 Å². The van der Waals surface area contributed by atoms with Crippen LogP contribution in [0, 0.1) is 6.92 Å². The van der Waals surface area contributed by atoms with Gasteiger partial charge in [-0.2, -0.15) is 0 Å². The lowest BCUT2D eigenvalue weighted by atomic mass is 10.2. The second kappa shape index (κ2) is 3.76. The molecule has 72 valence electrons. The van der Waals surface area contributed by atoms with E-state index in [0.717, 1.165) is 5.76 Å². The van der Waals surface area contributed by atoms with Crippen molar-refractivity contribution in [2.24, 2.45) is 0 Å². The molecule has 3 heteroatoms. The van der Waals surface area contributed by atoms with Gasteiger partial charge in [0, 0.05) is 6.04 Å². The smallest absolute Gasteiger partial charge is 0.133 e. The number of nitrogens with one attached hydrogen (secondary N) is 1. The fraction of sp³-hybridized carbons (Fsp3) is 0.600. The molecule has 2 rings (SSSR count). The van der Waals surface area contributed by atoms with Gasteiger partial charge < -0.3 is 4.42 Å². The molecule has 1 N–H and O–H groups in total. The second-order valence-corrected chi connectivity index (χ2v) is 4.79. The largest absolute Gasteiger partial charge is 0.466 e. The van der Waals surface area contributed by atoms with Crippen molar-refractivity contribution in [1.29, 1.82) is 0 Å². The van der Waals surface area contributed by atoms with Crippen LogP contribution in [0.1, 0.15) is 30.0 Å². The Morgan fingerprint density at radius 2 is 2.46 bits per heavy atom. The van der Waals surface area contributed by atoms with Crippen molar-refractivity contribution >= 4 is 11.8 Å². The molecule has 1 saturated heterocycles. The van der Waals surface area contributed by atoms with Gasteiger partial charge in [-0.25, -0.2) is 0 Å². The molecule has 2 nitrogen and oxygen atoms in total. The highest BCUT2D eigenvalue weighted by Gasteiger charge is 2.23. The Kier molecular flexibility index (Phi) is 2.65. The molecule has 1 aliphatic heterocycles. The number of aryl methyl sites for hydroxylation is 1. The van der Waals surface area contributed by atoms with E-state index >= 15 is 0 Å². The fourth-order valence-corrected chi connectivity index (χ4v) is 3.00. The molecule has 2 heterocycles. The summed E-state index contributed by atoms with van der Waals surface area (Å²) in [5.74, 6) is 2.32. The molecule has 1 aliphatic rings. The fourth-order valence-electron chi connectivity index (χ4n) is 1.56. The van der Waals surface area contributed by atoms with E-state index in [-0.39, 0.29) is 0 Å². The van der Waals surface area contributed by atoms with Crippen molar-refractivity contribution in [3.63, 3.8) is 0 Å². The van der Waals surface area contributed by atoms with Crippen LogP contribution in [0.5, 0.6) is 0 Å². The number of furan rings is 1. The zero-order chi connectivity index (χ0) is 9.26. The first kappa shape index (κ1) is 9.16. The Labute approximate surface area is 83.1 Å². The molecule has 0 aromatic carbocycles. The molecule has 2 unspecified atom stereocenters. The molecule has 1 aromatic heterocycles. The van der Waals surface area contributed by atoms with Crippen LogP contribution in [0.3, 0.4) is 0 Å². The van der Waals surface area contributed by atoms with Crippen molar-refractivity contribution in [3.8, 4) is 0 Å². The normalized spacial score (nSPS) is 29.1. The zero-order valence-corrected chi connectivity index (χ0v) is 8.86. The molecule has 1 aromatic rings. The molecular formula is C10H15NOS. The van der Waals surface area contributed by atoms with Crippen LogP contribution in [0.15, 0.2) is 16.7 Å². The van der Waals surface area contributed by atoms with Gasteiger partial charge in [-0.05, 0) is 37.7 Å². The Balaban J connectivity index is 2.12. The maximum absolute atomic E-state index is 5.47. The van der Waals surface area contributed by atoms with Gasteiger partial charge in [0.15, 0.2) is 0 Å². The van der Waals surface area contributed by atoms with Crippen LogP contribution in [-0.4, -0.2) is 11.8 Å². The summed E-state index contributed by atoms with van der Waals surface area (Å²) < 4.78 is 5.47. The molecule has 0 aliphatic carbocycles. The van der Waals surface area contributed by atoms with Gasteiger partial charge in [0.05, 0.1) is 6.26 Å². The lowest BCUT2D eigenvalue weighted by Gasteiger charge is -2.27. The van der Waals surface area contributed by atoms with Crippen LogP contribution >= 0.6 is 11.8 Å². The average Bonchev–Trinajstić information content (AvgIpc) is 2.51. The highest BCUT2D eigenvalue weighted by Crippen LogP contribution is 2.33. The van der Waals surface area contributed by atoms with Crippen molar-refractivity contribution < 1.29 is 4.42 Å². The van der Waals surface area contributed by atoms with Crippen molar-refractivity contribution in [1.82, 2.24) is 5.32 Å². The third-order valence-electron chi connectivity index (χ3n) is 2.41. The summed E-state index contributed by atoms with van der Waals surface area (Å²) in [6, 6.07) is 2.63. The highest BCUT2D eigenvalue weighted by atomic mass is 32.2. The SMILES string of the molecule is Cc1ccoc1C1NC(C)CCS1. The van der Waals surface area contributed by atoms with Crippen molar-refractivity contribution in [2.45, 2.75) is 31.7 Å². The van der Waals surface area contributed by atoms with E-state index < -0.39 is 0 Å². The van der Waals surface area contributed by atoms with E-state index in [1.807, 2.05) is 17.8 Å². The molecule has 2 atom stereocenters. The summed E-state index contributed by atoms with van der Waals surface area (Å²) in [6.45, 7) is 4.32. The van der Waals surface area contributed by atoms with E-state index in [4.69, 9.17) is 4.42 Å². The van der Waals surface area contributed by atoms with Crippen molar-refractivity contribution in [2.75, 3.05) is 5.75 Å². The number of thioether (sulfide) groups is 1. The summed E-state index contributed by atoms with van der Waals surface area (Å²) in [6.07, 6.45) is 3.02. The van der Waals surface area contributed by atoms with E-state index in [9.17, 15) is 0 Å². The molecule has 13 heavy (non-hydrogen) atoms. The predicted molar refractivity (Wildman–Crippen MR) is 55.9 cm³/mol. The van der Waals surface area contributed by atoms with Gasteiger partial charge >= 0.3 is 0 Å². The summed E-state index contributed by atoms with van der Waals surface area (Å²) in [5, 5.41) is 3.89. The maximum atomic E-state index is 5.47. The first-order valence-corrected chi connectivity index (χ1v) is 5.74. The maximum Gasteiger partial charge on any atom is 0.133 e. The monoisotopic (exact) mass is 197 g/mol. The van der Waals surface area contributed by atoms with E-state index in [0.29, 0.717) is 11.4 Å². The van der Waals surface area contributed by atoms with Gasteiger partial charge in [0.2, 0.25) is 0 Å². The van der Waals surface area contributed by atoms with Gasteiger partial charge in [-0.3, -0.25) is 5.32 Å². The third kappa shape index (κ3) is 1.92. The minimum absolute atomic E-state index is 0.360. The molecular weight excluding hydrogens is 182 g/mol. The first-order valence-electron chi connectivity index (χ1n) is 4.69. The Morgan fingerprint density at radius 1 is 1.62 bits per heavy atom. The summed E-state index contributed by atoms with van der Waals surface area (Å²) in [5.41, 5.74) is 1.25. The third-order valence-corrected chi connectivity index (χ3v) is 3.57. The topological polar surface area (TPSA) is 25.2 Å². The van der Waals surface area contributed by atoms with Gasteiger partial charge in [-0.15, -0.1) is 11.8 Å². The quantitative estimate of drug-likeness (QED) is 0.749. The van der Waals surface area contributed by atoms with E-state index in [1.165, 1.54) is 17.7 Å². The molecule has 0 radical (unpaired) electrons. The lowest BCUT2D eigenvalue weighted by Crippen LogP contribution is -2.33. The molecule has 0 spiro atoms. The Morgan fingerprint density at radius 3 is 3.08 bits per heavy atom. The molecule has 0 saturated carbocycles. The van der Waals surface area contributed by atoms with E-state index in [1.54, 1.807) is 6.26 Å². The Hall–Kier alpha value is -0.410. The standard InChI is InChI=1S/C10H15NOS/c1-7-3-5-12-9(7)10-11-8(2)4-6-13-10/h3,5,8,10-11H,4,6H2,1-2H3. The first-order chi connectivity index (χ1) is 6.27. The minimum atomic E-state index is 0.360. The minimum Gasteiger partial charge on any atom is -0.466 e. The number of rotatable bonds is 1. The zero-order valence-electron chi connectivity index (χ0n) is 8.04. The molecule has 0 bridgehead atoms.